The number of carbonyl (C=O) groups is 2. The highest BCUT2D eigenvalue weighted by Crippen LogP contribution is 2.45. The van der Waals surface area contributed by atoms with Crippen LogP contribution in [0.5, 0.6) is 0 Å². The number of anilines is 1. The van der Waals surface area contributed by atoms with E-state index in [1.165, 1.54) is 6.07 Å². The molecule has 1 fully saturated rings. The molecule has 3 heterocycles. The Bertz CT molecular complexity index is 1640. The second kappa shape index (κ2) is 10.8. The molecule has 1 aliphatic carbocycles. The second-order valence-corrected chi connectivity index (χ2v) is 11.0. The van der Waals surface area contributed by atoms with Gasteiger partial charge >= 0.3 is 0 Å². The molecular formula is C31H27ClF2N4O3. The van der Waals surface area contributed by atoms with Gasteiger partial charge in [0.2, 0.25) is 5.60 Å². The third-order valence-corrected chi connectivity index (χ3v) is 8.27. The van der Waals surface area contributed by atoms with Gasteiger partial charge in [-0.25, -0.2) is 13.8 Å². The van der Waals surface area contributed by atoms with E-state index in [0.717, 1.165) is 11.6 Å². The van der Waals surface area contributed by atoms with Crippen molar-refractivity contribution in [1.29, 1.82) is 0 Å². The Kier molecular flexibility index (Phi) is 7.17. The van der Waals surface area contributed by atoms with Crippen LogP contribution in [0.2, 0.25) is 5.02 Å². The maximum absolute atomic E-state index is 13.9. The van der Waals surface area contributed by atoms with Crippen LogP contribution in [0, 0.1) is 5.92 Å². The summed E-state index contributed by atoms with van der Waals surface area (Å²) in [4.78, 5) is 36.6. The monoisotopic (exact) mass is 576 g/mol. The minimum atomic E-state index is -2.90. The van der Waals surface area contributed by atoms with E-state index >= 15 is 0 Å². The van der Waals surface area contributed by atoms with Crippen LogP contribution in [0.15, 0.2) is 72.9 Å². The molecule has 0 bridgehead atoms. The first-order valence-electron chi connectivity index (χ1n) is 13.5. The Labute approximate surface area is 240 Å². The molecule has 2 aliphatic rings. The number of para-hydroxylation sites is 2. The molecule has 41 heavy (non-hydrogen) atoms. The lowest BCUT2D eigenvalue weighted by molar-refractivity contribution is -0.132. The predicted molar refractivity (Wildman–Crippen MR) is 151 cm³/mol. The van der Waals surface area contributed by atoms with Crippen molar-refractivity contribution >= 4 is 40.0 Å². The number of benzene rings is 2. The molecule has 0 radical (unpaired) electrons. The van der Waals surface area contributed by atoms with E-state index < -0.39 is 29.5 Å². The van der Waals surface area contributed by atoms with Crippen molar-refractivity contribution in [1.82, 2.24) is 15.3 Å². The Morgan fingerprint density at radius 3 is 2.59 bits per heavy atom. The zero-order valence-corrected chi connectivity index (χ0v) is 22.7. The number of alkyl halides is 2. The van der Waals surface area contributed by atoms with Crippen LogP contribution in [0.25, 0.3) is 10.9 Å². The molecule has 7 nitrogen and oxygen atoms in total. The standard InChI is InChI=1S/C31H27ClF2N4O3/c32-20-15-22(27(28(33)34)35-16-20)29(39)36-21-12-9-18(10-13-21)17-38-25-8-4-2-6-23(25)31(41,30(38)40)26-14-11-19-5-1-3-7-24(19)37-26/h1-8,11,14-16,18,21,28,41H,9-10,12-13,17H2,(H,36,39). The number of amides is 2. The fraction of sp³-hybridized carbons (Fsp3) is 0.290. The Balaban J connectivity index is 1.16. The Morgan fingerprint density at radius 1 is 1.07 bits per heavy atom. The predicted octanol–water partition coefficient (Wildman–Crippen LogP) is 5.79. The topological polar surface area (TPSA) is 95.4 Å². The molecule has 210 valence electrons. The molecule has 1 atom stereocenters. The lowest BCUT2D eigenvalue weighted by atomic mass is 9.85. The fourth-order valence-electron chi connectivity index (χ4n) is 5.95. The Hall–Kier alpha value is -3.95. The van der Waals surface area contributed by atoms with Gasteiger partial charge in [-0.1, -0.05) is 54.1 Å². The number of carbonyl (C=O) groups excluding carboxylic acids is 2. The summed E-state index contributed by atoms with van der Waals surface area (Å²) < 4.78 is 26.7. The van der Waals surface area contributed by atoms with E-state index in [1.807, 2.05) is 42.5 Å². The number of nitrogens with zero attached hydrogens (tertiary/aromatic N) is 3. The van der Waals surface area contributed by atoms with E-state index in [-0.39, 0.29) is 28.2 Å². The zero-order chi connectivity index (χ0) is 28.7. The molecular weight excluding hydrogens is 550 g/mol. The highest BCUT2D eigenvalue weighted by Gasteiger charge is 2.52. The van der Waals surface area contributed by atoms with Crippen molar-refractivity contribution in [2.24, 2.45) is 5.92 Å². The van der Waals surface area contributed by atoms with Gasteiger partial charge in [-0.2, -0.15) is 0 Å². The number of aromatic nitrogens is 2. The van der Waals surface area contributed by atoms with E-state index in [4.69, 9.17) is 11.6 Å². The van der Waals surface area contributed by atoms with Crippen molar-refractivity contribution < 1.29 is 23.5 Å². The van der Waals surface area contributed by atoms with Crippen molar-refractivity contribution in [2.45, 2.75) is 43.8 Å². The van der Waals surface area contributed by atoms with Gasteiger partial charge < -0.3 is 15.3 Å². The SMILES string of the molecule is O=C(NC1CCC(CN2C(=O)C(O)(c3ccc4ccccc4n3)c3ccccc32)CC1)c1cc(Cl)cnc1C(F)F. The first-order valence-corrected chi connectivity index (χ1v) is 13.9. The smallest absolute Gasteiger partial charge is 0.281 e. The van der Waals surface area contributed by atoms with E-state index in [0.29, 0.717) is 49.0 Å². The summed E-state index contributed by atoms with van der Waals surface area (Å²) in [5, 5.41) is 15.8. The minimum Gasteiger partial charge on any atom is -0.370 e. The van der Waals surface area contributed by atoms with Crippen LogP contribution < -0.4 is 10.2 Å². The molecule has 2 aromatic carbocycles. The Morgan fingerprint density at radius 2 is 1.80 bits per heavy atom. The van der Waals surface area contributed by atoms with Gasteiger partial charge in [0, 0.05) is 29.7 Å². The molecule has 2 aromatic heterocycles. The highest BCUT2D eigenvalue weighted by molar-refractivity contribution is 6.30. The van der Waals surface area contributed by atoms with Gasteiger partial charge in [-0.15, -0.1) is 0 Å². The van der Waals surface area contributed by atoms with Crippen LogP contribution in [-0.4, -0.2) is 39.5 Å². The third kappa shape index (κ3) is 4.93. The van der Waals surface area contributed by atoms with Crippen molar-refractivity contribution in [3.63, 3.8) is 0 Å². The lowest BCUT2D eigenvalue weighted by Gasteiger charge is -2.32. The summed E-state index contributed by atoms with van der Waals surface area (Å²) in [5.74, 6) is -0.947. The largest absolute Gasteiger partial charge is 0.370 e. The molecule has 0 spiro atoms. The molecule has 2 N–H and O–H groups in total. The van der Waals surface area contributed by atoms with Gasteiger partial charge in [-0.3, -0.25) is 14.6 Å². The number of hydrogen-bond donors (Lipinski definition) is 2. The van der Waals surface area contributed by atoms with Crippen LogP contribution >= 0.6 is 11.6 Å². The number of pyridine rings is 2. The number of halogens is 3. The van der Waals surface area contributed by atoms with Gasteiger partial charge in [0.25, 0.3) is 18.2 Å². The normalized spacial score (nSPS) is 22.3. The summed E-state index contributed by atoms with van der Waals surface area (Å²) >= 11 is 5.90. The summed E-state index contributed by atoms with van der Waals surface area (Å²) in [7, 11) is 0. The summed E-state index contributed by atoms with van der Waals surface area (Å²) in [6.07, 6.45) is 0.856. The maximum atomic E-state index is 13.9. The number of rotatable bonds is 6. The van der Waals surface area contributed by atoms with E-state index in [2.05, 4.69) is 15.3 Å². The highest BCUT2D eigenvalue weighted by atomic mass is 35.5. The average molecular weight is 577 g/mol. The molecule has 0 saturated heterocycles. The summed E-state index contributed by atoms with van der Waals surface area (Å²) in [6.45, 7) is 0.403. The van der Waals surface area contributed by atoms with Gasteiger partial charge in [0.05, 0.1) is 27.5 Å². The first kappa shape index (κ1) is 27.2. The molecule has 4 aromatic rings. The molecule has 10 heteroatoms. The lowest BCUT2D eigenvalue weighted by Crippen LogP contribution is -2.45. The number of fused-ring (bicyclic) bond motifs is 2. The second-order valence-electron chi connectivity index (χ2n) is 10.6. The average Bonchev–Trinajstić information content (AvgIpc) is 3.20. The van der Waals surface area contributed by atoms with Crippen LogP contribution in [0.3, 0.4) is 0 Å². The van der Waals surface area contributed by atoms with E-state index in [9.17, 15) is 23.5 Å². The summed E-state index contributed by atoms with van der Waals surface area (Å²) in [5.41, 5.74) is -0.607. The molecule has 2 amide bonds. The van der Waals surface area contributed by atoms with Crippen molar-refractivity contribution in [3.05, 3.63) is 100 Å². The van der Waals surface area contributed by atoms with Crippen LogP contribution in [0.1, 0.15) is 59.4 Å². The minimum absolute atomic E-state index is 0.109. The van der Waals surface area contributed by atoms with Gasteiger partial charge in [0.15, 0.2) is 0 Å². The quantitative estimate of drug-likeness (QED) is 0.303. The molecule has 1 unspecified atom stereocenters. The maximum Gasteiger partial charge on any atom is 0.281 e. The van der Waals surface area contributed by atoms with Gasteiger partial charge in [0.1, 0.15) is 5.69 Å². The zero-order valence-electron chi connectivity index (χ0n) is 21.9. The fourth-order valence-corrected chi connectivity index (χ4v) is 6.11. The number of nitrogens with one attached hydrogen (secondary N) is 1. The van der Waals surface area contributed by atoms with Gasteiger partial charge in [-0.05, 0) is 55.9 Å². The number of hydrogen-bond acceptors (Lipinski definition) is 5. The molecule has 1 saturated carbocycles. The molecule has 1 aliphatic heterocycles. The van der Waals surface area contributed by atoms with Crippen LogP contribution in [-0.2, 0) is 10.4 Å². The van der Waals surface area contributed by atoms with Crippen molar-refractivity contribution in [2.75, 3.05) is 11.4 Å². The van der Waals surface area contributed by atoms with Crippen LogP contribution in [0.4, 0.5) is 14.5 Å². The third-order valence-electron chi connectivity index (χ3n) is 8.07. The van der Waals surface area contributed by atoms with E-state index in [1.54, 1.807) is 23.1 Å². The van der Waals surface area contributed by atoms with Crippen molar-refractivity contribution in [3.8, 4) is 0 Å². The summed E-state index contributed by atoms with van der Waals surface area (Å²) in [6, 6.07) is 19.3. The number of aliphatic hydroxyl groups is 1. The molecule has 6 rings (SSSR count). The first-order chi connectivity index (χ1) is 19.8.